The lowest BCUT2D eigenvalue weighted by atomic mass is 10.1. The lowest BCUT2D eigenvalue weighted by molar-refractivity contribution is 0.607. The summed E-state index contributed by atoms with van der Waals surface area (Å²) in [6, 6.07) is 4.52. The third-order valence-corrected chi connectivity index (χ3v) is 3.23. The molecule has 0 aromatic carbocycles. The van der Waals surface area contributed by atoms with Crippen molar-refractivity contribution in [2.24, 2.45) is 7.05 Å². The van der Waals surface area contributed by atoms with E-state index in [0.29, 0.717) is 6.04 Å². The van der Waals surface area contributed by atoms with Gasteiger partial charge in [0.2, 0.25) is 0 Å². The van der Waals surface area contributed by atoms with Gasteiger partial charge in [-0.05, 0) is 26.0 Å². The van der Waals surface area contributed by atoms with Crippen molar-refractivity contribution in [2.45, 2.75) is 19.9 Å². The molecule has 0 aliphatic carbocycles. The number of imidazole rings is 1. The lowest BCUT2D eigenvalue weighted by Crippen LogP contribution is -2.02. The Balaban J connectivity index is 2.28. The SMILES string of the molecule is CC(C)n1ccnc1-c1ccnc2c1ccn2C. The smallest absolute Gasteiger partial charge is 0.140 e. The molecule has 0 bridgehead atoms. The zero-order chi connectivity index (χ0) is 12.7. The molecule has 0 aliphatic heterocycles. The average molecular weight is 240 g/mol. The Bertz CT molecular complexity index is 691. The molecule has 4 heteroatoms. The van der Waals surface area contributed by atoms with Crippen LogP contribution in [0.25, 0.3) is 22.4 Å². The molecule has 0 N–H and O–H groups in total. The van der Waals surface area contributed by atoms with Crippen LogP contribution in [-0.2, 0) is 7.05 Å². The van der Waals surface area contributed by atoms with Crippen molar-refractivity contribution in [1.29, 1.82) is 0 Å². The van der Waals surface area contributed by atoms with Crippen LogP contribution in [0.5, 0.6) is 0 Å². The standard InChI is InChI=1S/C14H16N4/c1-10(2)18-9-7-16-14(18)11-4-6-15-13-12(11)5-8-17(13)3/h4-10H,1-3H3. The summed E-state index contributed by atoms with van der Waals surface area (Å²) in [6.07, 6.45) is 7.75. The van der Waals surface area contributed by atoms with Gasteiger partial charge in [-0.3, -0.25) is 0 Å². The Morgan fingerprint density at radius 1 is 1.06 bits per heavy atom. The van der Waals surface area contributed by atoms with E-state index in [1.165, 1.54) is 0 Å². The van der Waals surface area contributed by atoms with Gasteiger partial charge in [-0.15, -0.1) is 0 Å². The molecule has 0 fully saturated rings. The van der Waals surface area contributed by atoms with E-state index in [-0.39, 0.29) is 0 Å². The predicted octanol–water partition coefficient (Wildman–Crippen LogP) is 3.02. The molecule has 3 rings (SSSR count). The largest absolute Gasteiger partial charge is 0.336 e. The van der Waals surface area contributed by atoms with Crippen molar-refractivity contribution >= 4 is 11.0 Å². The maximum atomic E-state index is 4.49. The van der Waals surface area contributed by atoms with Gasteiger partial charge in [0.15, 0.2) is 0 Å². The zero-order valence-electron chi connectivity index (χ0n) is 10.8. The molecule has 4 nitrogen and oxygen atoms in total. The van der Waals surface area contributed by atoms with Gasteiger partial charge in [-0.25, -0.2) is 9.97 Å². The van der Waals surface area contributed by atoms with Crippen molar-refractivity contribution in [3.63, 3.8) is 0 Å². The fourth-order valence-corrected chi connectivity index (χ4v) is 2.30. The van der Waals surface area contributed by atoms with E-state index in [1.807, 2.05) is 42.5 Å². The average Bonchev–Trinajstić information content (AvgIpc) is 2.96. The Morgan fingerprint density at radius 2 is 1.89 bits per heavy atom. The fourth-order valence-electron chi connectivity index (χ4n) is 2.30. The number of rotatable bonds is 2. The maximum Gasteiger partial charge on any atom is 0.140 e. The number of aryl methyl sites for hydroxylation is 1. The number of fused-ring (bicyclic) bond motifs is 1. The first kappa shape index (κ1) is 11.0. The number of nitrogens with zero attached hydrogens (tertiary/aromatic N) is 4. The van der Waals surface area contributed by atoms with Gasteiger partial charge in [0.1, 0.15) is 11.5 Å². The molecule has 3 aromatic rings. The Morgan fingerprint density at radius 3 is 2.67 bits per heavy atom. The number of hydrogen-bond acceptors (Lipinski definition) is 2. The normalized spacial score (nSPS) is 11.6. The van der Waals surface area contributed by atoms with E-state index in [2.05, 4.69) is 34.4 Å². The summed E-state index contributed by atoms with van der Waals surface area (Å²) in [5.74, 6) is 1.00. The Labute approximate surface area is 106 Å². The summed E-state index contributed by atoms with van der Waals surface area (Å²) in [5, 5.41) is 1.15. The van der Waals surface area contributed by atoms with E-state index in [0.717, 1.165) is 22.4 Å². The molecule has 0 aliphatic rings. The molecular weight excluding hydrogens is 224 g/mol. The second-order valence-corrected chi connectivity index (χ2v) is 4.77. The van der Waals surface area contributed by atoms with Gasteiger partial charge in [-0.2, -0.15) is 0 Å². The number of hydrogen-bond donors (Lipinski definition) is 0. The van der Waals surface area contributed by atoms with Gasteiger partial charge < -0.3 is 9.13 Å². The van der Waals surface area contributed by atoms with Crippen molar-refractivity contribution in [1.82, 2.24) is 19.1 Å². The van der Waals surface area contributed by atoms with E-state index in [9.17, 15) is 0 Å². The van der Waals surface area contributed by atoms with Crippen LogP contribution in [0.1, 0.15) is 19.9 Å². The Kier molecular flexibility index (Phi) is 2.44. The lowest BCUT2D eigenvalue weighted by Gasteiger charge is -2.12. The van der Waals surface area contributed by atoms with Gasteiger partial charge in [0.05, 0.1) is 0 Å². The van der Waals surface area contributed by atoms with Crippen molar-refractivity contribution in [2.75, 3.05) is 0 Å². The predicted molar refractivity (Wildman–Crippen MR) is 72.3 cm³/mol. The van der Waals surface area contributed by atoms with Gasteiger partial charge in [-0.1, -0.05) is 0 Å². The first-order chi connectivity index (χ1) is 8.68. The van der Waals surface area contributed by atoms with E-state index >= 15 is 0 Å². The van der Waals surface area contributed by atoms with Crippen LogP contribution in [-0.4, -0.2) is 19.1 Å². The molecule has 0 atom stereocenters. The van der Waals surface area contributed by atoms with Crippen LogP contribution in [0.15, 0.2) is 36.9 Å². The van der Waals surface area contributed by atoms with Crippen LogP contribution in [0.4, 0.5) is 0 Å². The highest BCUT2D eigenvalue weighted by Gasteiger charge is 2.13. The Hall–Kier alpha value is -2.10. The molecule has 18 heavy (non-hydrogen) atoms. The monoisotopic (exact) mass is 240 g/mol. The molecule has 0 unspecified atom stereocenters. The topological polar surface area (TPSA) is 35.6 Å². The molecule has 92 valence electrons. The highest BCUT2D eigenvalue weighted by Crippen LogP contribution is 2.28. The highest BCUT2D eigenvalue weighted by molar-refractivity contribution is 5.91. The van der Waals surface area contributed by atoms with Crippen LogP contribution < -0.4 is 0 Å². The first-order valence-electron chi connectivity index (χ1n) is 6.11. The minimum Gasteiger partial charge on any atom is -0.336 e. The molecule has 0 saturated heterocycles. The van der Waals surface area contributed by atoms with Crippen LogP contribution in [0.3, 0.4) is 0 Å². The minimum absolute atomic E-state index is 0.398. The highest BCUT2D eigenvalue weighted by atomic mass is 15.1. The molecule has 3 aromatic heterocycles. The third-order valence-electron chi connectivity index (χ3n) is 3.23. The number of aromatic nitrogens is 4. The molecule has 3 heterocycles. The second kappa shape index (κ2) is 3.98. The van der Waals surface area contributed by atoms with Crippen molar-refractivity contribution in [3.8, 4) is 11.4 Å². The first-order valence-corrected chi connectivity index (χ1v) is 6.11. The minimum atomic E-state index is 0.398. The van der Waals surface area contributed by atoms with Crippen LogP contribution in [0, 0.1) is 0 Å². The molecule has 0 spiro atoms. The second-order valence-electron chi connectivity index (χ2n) is 4.77. The van der Waals surface area contributed by atoms with E-state index in [4.69, 9.17) is 0 Å². The molecule has 0 radical (unpaired) electrons. The maximum absolute atomic E-state index is 4.49. The summed E-state index contributed by atoms with van der Waals surface area (Å²) in [4.78, 5) is 8.90. The molecular formula is C14H16N4. The van der Waals surface area contributed by atoms with Crippen LogP contribution in [0.2, 0.25) is 0 Å². The fraction of sp³-hybridized carbons (Fsp3) is 0.286. The summed E-state index contributed by atoms with van der Waals surface area (Å²) in [7, 11) is 2.01. The van der Waals surface area contributed by atoms with E-state index < -0.39 is 0 Å². The van der Waals surface area contributed by atoms with Gasteiger partial charge >= 0.3 is 0 Å². The van der Waals surface area contributed by atoms with E-state index in [1.54, 1.807) is 0 Å². The van der Waals surface area contributed by atoms with Gasteiger partial charge in [0, 0.05) is 48.8 Å². The summed E-state index contributed by atoms with van der Waals surface area (Å²) in [5.41, 5.74) is 2.13. The van der Waals surface area contributed by atoms with Crippen molar-refractivity contribution < 1.29 is 0 Å². The quantitative estimate of drug-likeness (QED) is 0.690. The van der Waals surface area contributed by atoms with Crippen LogP contribution >= 0.6 is 0 Å². The molecule has 0 amide bonds. The van der Waals surface area contributed by atoms with Gasteiger partial charge in [0.25, 0.3) is 0 Å². The number of pyridine rings is 1. The summed E-state index contributed by atoms with van der Waals surface area (Å²) >= 11 is 0. The summed E-state index contributed by atoms with van der Waals surface area (Å²) < 4.78 is 4.21. The zero-order valence-corrected chi connectivity index (χ0v) is 10.8. The van der Waals surface area contributed by atoms with Crippen molar-refractivity contribution in [3.05, 3.63) is 36.9 Å². The molecule has 0 saturated carbocycles. The summed E-state index contributed by atoms with van der Waals surface area (Å²) in [6.45, 7) is 4.32. The third kappa shape index (κ3) is 1.53.